The molecular formula is C14H20N2OS. The maximum atomic E-state index is 12.0. The number of nitrogens with one attached hydrogen (secondary N) is 1. The van der Waals surface area contributed by atoms with Crippen LogP contribution in [0.3, 0.4) is 0 Å². The summed E-state index contributed by atoms with van der Waals surface area (Å²) >= 11 is 1.78. The van der Waals surface area contributed by atoms with Gasteiger partial charge in [0.2, 0.25) is 5.91 Å². The third-order valence-corrected chi connectivity index (χ3v) is 4.31. The van der Waals surface area contributed by atoms with Crippen LogP contribution < -0.4 is 5.32 Å². The van der Waals surface area contributed by atoms with Crippen LogP contribution in [0.1, 0.15) is 12.0 Å². The fourth-order valence-corrected chi connectivity index (χ4v) is 3.01. The fourth-order valence-electron chi connectivity index (χ4n) is 2.04. The molecule has 1 fully saturated rings. The number of hydrogen-bond donors (Lipinski definition) is 1. The summed E-state index contributed by atoms with van der Waals surface area (Å²) in [6, 6.07) is 8.33. The molecule has 4 heteroatoms. The lowest BCUT2D eigenvalue weighted by Crippen LogP contribution is -2.46. The van der Waals surface area contributed by atoms with Crippen molar-refractivity contribution in [3.63, 3.8) is 0 Å². The molecule has 1 aromatic rings. The molecule has 0 radical (unpaired) electrons. The summed E-state index contributed by atoms with van der Waals surface area (Å²) < 4.78 is 0. The largest absolute Gasteiger partial charge is 0.340 e. The number of amides is 1. The number of carbonyl (C=O) groups excluding carboxylic acids is 1. The highest BCUT2D eigenvalue weighted by Gasteiger charge is 2.15. The Morgan fingerprint density at radius 2 is 2.06 bits per heavy atom. The molecule has 1 heterocycles. The molecule has 0 bridgehead atoms. The van der Waals surface area contributed by atoms with E-state index in [4.69, 9.17) is 0 Å². The Bertz CT molecular complexity index is 403. The van der Waals surface area contributed by atoms with Crippen molar-refractivity contribution in [3.8, 4) is 0 Å². The zero-order chi connectivity index (χ0) is 12.8. The van der Waals surface area contributed by atoms with Crippen LogP contribution in [0.5, 0.6) is 0 Å². The first-order chi connectivity index (χ1) is 8.77. The molecular weight excluding hydrogens is 244 g/mol. The molecule has 0 aromatic heterocycles. The van der Waals surface area contributed by atoms with Gasteiger partial charge in [-0.05, 0) is 18.6 Å². The standard InChI is InChI=1S/C14H20N2OS/c1-12-4-2-3-5-13(12)18-11-6-14(17)16-9-7-15-8-10-16/h2-5,15H,6-11H2,1H3. The van der Waals surface area contributed by atoms with E-state index < -0.39 is 0 Å². The normalized spacial score (nSPS) is 15.7. The minimum Gasteiger partial charge on any atom is -0.340 e. The van der Waals surface area contributed by atoms with Crippen molar-refractivity contribution in [3.05, 3.63) is 29.8 Å². The van der Waals surface area contributed by atoms with Gasteiger partial charge in [0.1, 0.15) is 0 Å². The van der Waals surface area contributed by atoms with Gasteiger partial charge in [0.15, 0.2) is 0 Å². The molecule has 2 rings (SSSR count). The molecule has 98 valence electrons. The zero-order valence-corrected chi connectivity index (χ0v) is 11.6. The quantitative estimate of drug-likeness (QED) is 0.843. The molecule has 1 amide bonds. The summed E-state index contributed by atoms with van der Waals surface area (Å²) in [6.45, 7) is 5.68. The van der Waals surface area contributed by atoms with E-state index in [-0.39, 0.29) is 5.91 Å². The molecule has 1 N–H and O–H groups in total. The predicted molar refractivity (Wildman–Crippen MR) is 76.0 cm³/mol. The lowest BCUT2D eigenvalue weighted by atomic mass is 10.2. The van der Waals surface area contributed by atoms with Crippen LogP contribution in [0.2, 0.25) is 0 Å². The first-order valence-corrected chi connectivity index (χ1v) is 7.43. The van der Waals surface area contributed by atoms with Crippen LogP contribution in [0, 0.1) is 6.92 Å². The summed E-state index contributed by atoms with van der Waals surface area (Å²) in [7, 11) is 0. The van der Waals surface area contributed by atoms with Crippen LogP contribution in [0.25, 0.3) is 0 Å². The van der Waals surface area contributed by atoms with Crippen LogP contribution in [0.15, 0.2) is 29.2 Å². The van der Waals surface area contributed by atoms with Crippen LogP contribution >= 0.6 is 11.8 Å². The zero-order valence-electron chi connectivity index (χ0n) is 10.8. The lowest BCUT2D eigenvalue weighted by Gasteiger charge is -2.27. The number of aryl methyl sites for hydroxylation is 1. The van der Waals surface area contributed by atoms with Crippen molar-refractivity contribution in [2.45, 2.75) is 18.2 Å². The molecule has 0 saturated carbocycles. The smallest absolute Gasteiger partial charge is 0.223 e. The number of benzene rings is 1. The fraction of sp³-hybridized carbons (Fsp3) is 0.500. The van der Waals surface area contributed by atoms with E-state index in [1.807, 2.05) is 17.0 Å². The average Bonchev–Trinajstić information content (AvgIpc) is 2.42. The van der Waals surface area contributed by atoms with Crippen molar-refractivity contribution in [1.29, 1.82) is 0 Å². The van der Waals surface area contributed by atoms with Gasteiger partial charge in [0.25, 0.3) is 0 Å². The van der Waals surface area contributed by atoms with Crippen molar-refractivity contribution in [2.75, 3.05) is 31.9 Å². The van der Waals surface area contributed by atoms with Gasteiger partial charge in [-0.2, -0.15) is 0 Å². The van der Waals surface area contributed by atoms with Gasteiger partial charge in [0, 0.05) is 43.2 Å². The Morgan fingerprint density at radius 1 is 1.33 bits per heavy atom. The van der Waals surface area contributed by atoms with Gasteiger partial charge in [-0.25, -0.2) is 0 Å². The van der Waals surface area contributed by atoms with Gasteiger partial charge in [-0.15, -0.1) is 11.8 Å². The molecule has 0 spiro atoms. The predicted octanol–water partition coefficient (Wildman–Crippen LogP) is 1.91. The molecule has 1 saturated heterocycles. The molecule has 1 aliphatic heterocycles. The van der Waals surface area contributed by atoms with E-state index in [0.717, 1.165) is 31.9 Å². The summed E-state index contributed by atoms with van der Waals surface area (Å²) in [6.07, 6.45) is 0.638. The number of rotatable bonds is 4. The van der Waals surface area contributed by atoms with Crippen LogP contribution in [0.4, 0.5) is 0 Å². The third-order valence-electron chi connectivity index (χ3n) is 3.14. The van der Waals surface area contributed by atoms with Gasteiger partial charge >= 0.3 is 0 Å². The summed E-state index contributed by atoms with van der Waals surface area (Å²) in [4.78, 5) is 15.2. The van der Waals surface area contributed by atoms with Crippen molar-refractivity contribution in [2.24, 2.45) is 0 Å². The third kappa shape index (κ3) is 3.75. The Morgan fingerprint density at radius 3 is 2.78 bits per heavy atom. The molecule has 18 heavy (non-hydrogen) atoms. The second kappa shape index (κ2) is 6.81. The summed E-state index contributed by atoms with van der Waals surface area (Å²) in [5.41, 5.74) is 1.29. The Labute approximate surface area is 113 Å². The van der Waals surface area contributed by atoms with E-state index in [2.05, 4.69) is 24.4 Å². The van der Waals surface area contributed by atoms with Gasteiger partial charge in [-0.1, -0.05) is 18.2 Å². The SMILES string of the molecule is Cc1ccccc1SCCC(=O)N1CCNCC1. The Balaban J connectivity index is 1.75. The average molecular weight is 264 g/mol. The maximum absolute atomic E-state index is 12.0. The molecule has 0 atom stereocenters. The molecule has 0 unspecified atom stereocenters. The van der Waals surface area contributed by atoms with Gasteiger partial charge < -0.3 is 10.2 Å². The van der Waals surface area contributed by atoms with Gasteiger partial charge in [-0.3, -0.25) is 4.79 Å². The highest BCUT2D eigenvalue weighted by molar-refractivity contribution is 7.99. The number of carbonyl (C=O) groups is 1. The number of hydrogen-bond acceptors (Lipinski definition) is 3. The van der Waals surface area contributed by atoms with E-state index in [1.54, 1.807) is 11.8 Å². The highest BCUT2D eigenvalue weighted by atomic mass is 32.2. The lowest BCUT2D eigenvalue weighted by molar-refractivity contribution is -0.131. The van der Waals surface area contributed by atoms with E-state index >= 15 is 0 Å². The minimum atomic E-state index is 0.289. The molecule has 1 aromatic carbocycles. The maximum Gasteiger partial charge on any atom is 0.223 e. The van der Waals surface area contributed by atoms with E-state index in [9.17, 15) is 4.79 Å². The molecule has 3 nitrogen and oxygen atoms in total. The van der Waals surface area contributed by atoms with Crippen LogP contribution in [-0.4, -0.2) is 42.7 Å². The van der Waals surface area contributed by atoms with Crippen molar-refractivity contribution >= 4 is 17.7 Å². The first kappa shape index (κ1) is 13.4. The number of thioether (sulfide) groups is 1. The van der Waals surface area contributed by atoms with E-state index in [1.165, 1.54) is 10.5 Å². The van der Waals surface area contributed by atoms with Crippen LogP contribution in [-0.2, 0) is 4.79 Å². The topological polar surface area (TPSA) is 32.3 Å². The van der Waals surface area contributed by atoms with Gasteiger partial charge in [0.05, 0.1) is 0 Å². The Kier molecular flexibility index (Phi) is 5.08. The highest BCUT2D eigenvalue weighted by Crippen LogP contribution is 2.22. The first-order valence-electron chi connectivity index (χ1n) is 6.44. The number of nitrogens with zero attached hydrogens (tertiary/aromatic N) is 1. The van der Waals surface area contributed by atoms with Crippen molar-refractivity contribution < 1.29 is 4.79 Å². The second-order valence-electron chi connectivity index (χ2n) is 4.49. The monoisotopic (exact) mass is 264 g/mol. The molecule has 0 aliphatic carbocycles. The summed E-state index contributed by atoms with van der Waals surface area (Å²) in [5.74, 6) is 1.16. The van der Waals surface area contributed by atoms with Crippen molar-refractivity contribution in [1.82, 2.24) is 10.2 Å². The minimum absolute atomic E-state index is 0.289. The molecule has 1 aliphatic rings. The summed E-state index contributed by atoms with van der Waals surface area (Å²) in [5, 5.41) is 3.26. The number of piperazine rings is 1. The second-order valence-corrected chi connectivity index (χ2v) is 5.63. The van der Waals surface area contributed by atoms with E-state index in [0.29, 0.717) is 6.42 Å². The Hall–Kier alpha value is -1.00.